The number of nitrogens with zero attached hydrogens (tertiary/aromatic N) is 7. The largest absolute Gasteiger partial charge is 0.493 e. The van der Waals surface area contributed by atoms with Gasteiger partial charge in [-0.05, 0) is 113 Å². The number of carbonyl (C=O) groups excluding carboxylic acids is 2. The molecule has 0 radical (unpaired) electrons. The zero-order valence-electron chi connectivity index (χ0n) is 47.5. The van der Waals surface area contributed by atoms with Gasteiger partial charge in [0.05, 0.1) is 76.1 Å². The highest BCUT2D eigenvalue weighted by Crippen LogP contribution is 2.42. The zero-order chi connectivity index (χ0) is 56.3. The van der Waals surface area contributed by atoms with Crippen molar-refractivity contribution in [3.8, 4) is 40.4 Å². The maximum Gasteiger partial charge on any atom is 0.230 e. The quantitative estimate of drug-likeness (QED) is 0.0681. The maximum atomic E-state index is 12.8. The lowest BCUT2D eigenvalue weighted by molar-refractivity contribution is -0.153. The Labute approximate surface area is 472 Å². The molecule has 2 amide bonds. The number of likely N-dealkylation sites (tertiary alicyclic amines) is 2. The van der Waals surface area contributed by atoms with Crippen LogP contribution in [0, 0.1) is 24.7 Å². The van der Waals surface area contributed by atoms with Crippen molar-refractivity contribution in [2.45, 2.75) is 98.0 Å². The van der Waals surface area contributed by atoms with Crippen LogP contribution in [0.5, 0.6) is 40.4 Å². The van der Waals surface area contributed by atoms with Gasteiger partial charge in [-0.25, -0.2) is 19.9 Å². The van der Waals surface area contributed by atoms with Crippen LogP contribution in [0.25, 0.3) is 32.8 Å². The number of nitrogens with one attached hydrogen (secondary N) is 2. The minimum atomic E-state index is -0.325. The number of amides is 2. The van der Waals surface area contributed by atoms with Crippen LogP contribution in [-0.4, -0.2) is 144 Å². The van der Waals surface area contributed by atoms with Crippen molar-refractivity contribution in [1.29, 1.82) is 0 Å². The Balaban J connectivity index is 0.000000177. The van der Waals surface area contributed by atoms with Crippen molar-refractivity contribution in [2.75, 3.05) is 80.0 Å². The van der Waals surface area contributed by atoms with Crippen molar-refractivity contribution in [3.05, 3.63) is 96.4 Å². The fourth-order valence-corrected chi connectivity index (χ4v) is 11.2. The van der Waals surface area contributed by atoms with Crippen molar-refractivity contribution in [2.24, 2.45) is 15.8 Å². The smallest absolute Gasteiger partial charge is 0.230 e. The molecule has 5 aromatic heterocycles. The second kappa shape index (κ2) is 25.8. The van der Waals surface area contributed by atoms with Gasteiger partial charge in [0, 0.05) is 97.1 Å². The van der Waals surface area contributed by atoms with Gasteiger partial charge < -0.3 is 57.7 Å². The Bertz CT molecular complexity index is 3360. The maximum absolute atomic E-state index is 12.8. The van der Waals surface area contributed by atoms with Gasteiger partial charge in [-0.2, -0.15) is 0 Å². The van der Waals surface area contributed by atoms with Crippen molar-refractivity contribution in [3.63, 3.8) is 0 Å². The van der Waals surface area contributed by atoms with Gasteiger partial charge in [-0.3, -0.25) is 14.6 Å². The van der Waals surface area contributed by atoms with Gasteiger partial charge in [-0.1, -0.05) is 19.9 Å². The zero-order valence-corrected chi connectivity index (χ0v) is 47.5. The molecule has 0 aliphatic carbocycles. The monoisotopic (exact) mass is 1110 g/mol. The number of hydrogen-bond donors (Lipinski definition) is 2. The molecule has 2 spiro atoms. The Morgan fingerprint density at radius 1 is 0.691 bits per heavy atom. The van der Waals surface area contributed by atoms with Crippen LogP contribution in [0.4, 0.5) is 5.82 Å². The van der Waals surface area contributed by atoms with Gasteiger partial charge >= 0.3 is 0 Å². The first kappa shape index (κ1) is 56.5. The van der Waals surface area contributed by atoms with E-state index in [-0.39, 0.29) is 17.9 Å². The van der Waals surface area contributed by atoms with E-state index in [1.54, 1.807) is 32.8 Å². The van der Waals surface area contributed by atoms with Crippen LogP contribution in [-0.2, 0) is 25.5 Å². The summed E-state index contributed by atoms with van der Waals surface area (Å²) in [5.41, 5.74) is 6.12. The van der Waals surface area contributed by atoms with E-state index in [2.05, 4.69) is 47.0 Å². The number of aliphatic imine (C=N–C) groups is 1. The Morgan fingerprint density at radius 3 is 1.98 bits per heavy atom. The van der Waals surface area contributed by atoms with Crippen molar-refractivity contribution >= 4 is 56.7 Å². The topological polar surface area (TPSA) is 210 Å². The lowest BCUT2D eigenvalue weighted by atomic mass is 9.77. The lowest BCUT2D eigenvalue weighted by Crippen LogP contribution is -2.52. The number of aromatic nitrogens is 6. The summed E-state index contributed by atoms with van der Waals surface area (Å²) in [6.45, 7) is 15.5. The molecule has 5 aliphatic heterocycles. The molecule has 4 fully saturated rings. The summed E-state index contributed by atoms with van der Waals surface area (Å²) in [7, 11) is 3.21. The molecule has 0 saturated carbocycles. The first-order valence-electron chi connectivity index (χ1n) is 28.5. The first-order chi connectivity index (χ1) is 39.5. The van der Waals surface area contributed by atoms with Crippen LogP contribution in [0.1, 0.15) is 88.6 Å². The number of H-pyrrole nitrogens is 2. The molecule has 1 atom stereocenters. The van der Waals surface area contributed by atoms with Gasteiger partial charge in [-0.15, -0.1) is 0 Å². The molecule has 5 aliphatic rings. The predicted molar refractivity (Wildman–Crippen MR) is 310 cm³/mol. The fourth-order valence-electron chi connectivity index (χ4n) is 11.2. The third-order valence-corrected chi connectivity index (χ3v) is 15.9. The highest BCUT2D eigenvalue weighted by molar-refractivity contribution is 5.89. The van der Waals surface area contributed by atoms with Crippen LogP contribution >= 0.6 is 0 Å². The number of fused-ring (bicyclic) bond motifs is 4. The molecule has 81 heavy (non-hydrogen) atoms. The SMILES string of the molecule is CC.COc1cc2c(OC3C=CCc4cc(C)[nH]c4/N=C\3)ccnc2cc1OCCCC(=O)N1CCC2(CCOC2)CC1.COc1cc2c(Oc3cnc4[nH]c(C)cc4c3)ncnc2cc1OCCCC(=O)N1CCC2(CC1)COC2. The van der Waals surface area contributed by atoms with Gasteiger partial charge in [0.1, 0.15) is 29.3 Å². The molecule has 1 unspecified atom stereocenters. The average Bonchev–Trinajstić information content (AvgIpc) is 4.25. The molecule has 2 aromatic carbocycles. The number of piperidine rings is 2. The van der Waals surface area contributed by atoms with E-state index in [0.717, 1.165) is 130 Å². The Morgan fingerprint density at radius 2 is 1.33 bits per heavy atom. The standard InChI is InChI=1S/C32H38N4O5.C28H31N5O5.C2H6/c1-22-17-23-5-3-6-24(20-34-31(23)35-22)41-27-8-12-33-26-19-29(28(38-2)18-25(26)27)40-15-4-7-30(37)36-13-9-32(10-14-36)11-16-39-21-32;1-18-10-19-11-20(14-29-26(19)32-18)38-27-21-12-23(35-2)24(13-22(21)30-17-31-27)37-9-3-4-25(34)33-7-5-28(6-8-33)15-36-16-28;1-2/h3,6,8,12,17-20,24,35H,4-5,7,9-11,13-16,21H2,1-2H3;10-14,17H,3-9,15-16H2,1-2H3,(H,29,32);1-2H3/b6-3?,34-20-;;. The van der Waals surface area contributed by atoms with Crippen LogP contribution in [0.3, 0.4) is 0 Å². The molecule has 0 bridgehead atoms. The molecular weight excluding hydrogens is 1030 g/mol. The van der Waals surface area contributed by atoms with E-state index >= 15 is 0 Å². The Hall–Kier alpha value is -7.77. The molecule has 2 N–H and O–H groups in total. The fraction of sp³-hybridized carbons (Fsp3) is 0.468. The summed E-state index contributed by atoms with van der Waals surface area (Å²) in [6.07, 6.45) is 18.7. The van der Waals surface area contributed by atoms with Gasteiger partial charge in [0.2, 0.25) is 17.7 Å². The summed E-state index contributed by atoms with van der Waals surface area (Å²) in [5.74, 6) is 5.21. The molecule has 4 saturated heterocycles. The number of pyridine rings is 2. The summed E-state index contributed by atoms with van der Waals surface area (Å²) >= 11 is 0. The third kappa shape index (κ3) is 13.4. The van der Waals surface area contributed by atoms with Crippen LogP contribution < -0.4 is 28.4 Å². The minimum absolute atomic E-state index is 0.186. The van der Waals surface area contributed by atoms with Crippen molar-refractivity contribution in [1.82, 2.24) is 39.7 Å². The van der Waals surface area contributed by atoms with E-state index < -0.39 is 0 Å². The summed E-state index contributed by atoms with van der Waals surface area (Å²) in [4.78, 5) is 58.3. The number of rotatable bonds is 16. The number of allylic oxidation sites excluding steroid dienone is 1. The number of carbonyl (C=O) groups is 2. The highest BCUT2D eigenvalue weighted by atomic mass is 16.5. The second-order valence-corrected chi connectivity index (χ2v) is 21.5. The average molecular weight is 1110 g/mol. The molecule has 7 aromatic rings. The van der Waals surface area contributed by atoms with E-state index in [9.17, 15) is 9.59 Å². The summed E-state index contributed by atoms with van der Waals surface area (Å²) < 4.78 is 46.8. The third-order valence-electron chi connectivity index (χ3n) is 15.9. The molecule has 12 rings (SSSR count). The first-order valence-corrected chi connectivity index (χ1v) is 28.5. The lowest BCUT2D eigenvalue weighted by Gasteiger charge is -2.47. The number of hydrogen-bond acceptors (Lipinski definition) is 15. The normalized spacial score (nSPS) is 18.2. The van der Waals surface area contributed by atoms with Crippen molar-refractivity contribution < 1.29 is 47.5 Å². The van der Waals surface area contributed by atoms with Crippen LogP contribution in [0.2, 0.25) is 0 Å². The Kier molecular flexibility index (Phi) is 18.0. The minimum Gasteiger partial charge on any atom is -0.493 e. The summed E-state index contributed by atoms with van der Waals surface area (Å²) in [5, 5.41) is 2.47. The van der Waals surface area contributed by atoms with Crippen LogP contribution in [0.15, 0.2) is 84.4 Å². The molecule has 19 nitrogen and oxygen atoms in total. The van der Waals surface area contributed by atoms with E-state index in [0.29, 0.717) is 101 Å². The van der Waals surface area contributed by atoms with Gasteiger partial charge in [0.15, 0.2) is 29.1 Å². The number of methoxy groups -OCH3 is 2. The van der Waals surface area contributed by atoms with E-state index in [1.807, 2.05) is 86.0 Å². The number of benzene rings is 2. The molecular formula is C62H75N9O10. The molecule has 428 valence electrons. The summed E-state index contributed by atoms with van der Waals surface area (Å²) in [6, 6.07) is 15.3. The van der Waals surface area contributed by atoms with E-state index in [4.69, 9.17) is 37.9 Å². The van der Waals surface area contributed by atoms with Gasteiger partial charge in [0.25, 0.3) is 0 Å². The molecule has 10 heterocycles. The second-order valence-electron chi connectivity index (χ2n) is 21.5. The highest BCUT2D eigenvalue weighted by Gasteiger charge is 2.42. The number of ether oxygens (including phenoxy) is 8. The predicted octanol–water partition coefficient (Wildman–Crippen LogP) is 10.8. The van der Waals surface area contributed by atoms with E-state index in [1.165, 1.54) is 11.9 Å². The molecule has 19 heteroatoms. The number of aryl methyl sites for hydroxylation is 2. The number of aromatic amines is 2.